The lowest BCUT2D eigenvalue weighted by Crippen LogP contribution is -2.00. The Morgan fingerprint density at radius 1 is 1.26 bits per heavy atom. The summed E-state index contributed by atoms with van der Waals surface area (Å²) in [5.74, 6) is 1.60. The zero-order chi connectivity index (χ0) is 13.2. The van der Waals surface area contributed by atoms with Crippen LogP contribution in [0.2, 0.25) is 0 Å². The molecule has 2 heterocycles. The smallest absolute Gasteiger partial charge is 0.182 e. The number of hydrogen-bond acceptors (Lipinski definition) is 3. The quantitative estimate of drug-likeness (QED) is 0.856. The molecule has 1 N–H and O–H groups in total. The van der Waals surface area contributed by atoms with Gasteiger partial charge in [0.25, 0.3) is 0 Å². The first-order valence-electron chi connectivity index (χ1n) is 6.49. The molecular weight excluding hydrogens is 260 g/mol. The Balaban J connectivity index is 2.08. The fourth-order valence-electron chi connectivity index (χ4n) is 2.24. The van der Waals surface area contributed by atoms with E-state index < -0.39 is 0 Å². The summed E-state index contributed by atoms with van der Waals surface area (Å²) in [6.07, 6.45) is 3.78. The van der Waals surface area contributed by atoms with Crippen LogP contribution in [0.3, 0.4) is 0 Å². The van der Waals surface area contributed by atoms with Gasteiger partial charge in [0, 0.05) is 24.4 Å². The van der Waals surface area contributed by atoms with Gasteiger partial charge < -0.3 is 14.5 Å². The Labute approximate surface area is 117 Å². The van der Waals surface area contributed by atoms with Crippen LogP contribution in [0.5, 0.6) is 11.5 Å². The van der Waals surface area contributed by atoms with Gasteiger partial charge in [0.05, 0.1) is 18.9 Å². The second-order valence-corrected chi connectivity index (χ2v) is 4.84. The zero-order valence-electron chi connectivity index (χ0n) is 10.8. The monoisotopic (exact) mass is 276 g/mol. The van der Waals surface area contributed by atoms with E-state index in [9.17, 15) is 0 Å². The third-order valence-electron chi connectivity index (χ3n) is 3.20. The predicted octanol–water partition coefficient (Wildman–Crippen LogP) is 3.26. The molecule has 4 nitrogen and oxygen atoms in total. The van der Waals surface area contributed by atoms with E-state index >= 15 is 0 Å². The molecule has 0 amide bonds. The molecule has 5 heteroatoms. The fourth-order valence-corrected chi connectivity index (χ4v) is 2.52. The van der Waals surface area contributed by atoms with Gasteiger partial charge in [-0.2, -0.15) is 0 Å². The molecule has 0 unspecified atom stereocenters. The van der Waals surface area contributed by atoms with E-state index in [1.165, 1.54) is 0 Å². The van der Waals surface area contributed by atoms with Crippen LogP contribution in [0.15, 0.2) is 24.4 Å². The maximum atomic E-state index is 5.72. The van der Waals surface area contributed by atoms with Crippen molar-refractivity contribution in [2.75, 3.05) is 13.2 Å². The molecule has 0 radical (unpaired) electrons. The number of fused-ring (bicyclic) bond motifs is 1. The lowest BCUT2D eigenvalue weighted by molar-refractivity contribution is 0.297. The first kappa shape index (κ1) is 12.3. The normalized spacial score (nSPS) is 14.2. The Hall–Kier alpha value is -1.75. The third-order valence-corrected chi connectivity index (χ3v) is 3.50. The number of hydrogen-bond donors (Lipinski definition) is 1. The molecule has 1 aromatic carbocycles. The number of nitrogens with zero attached hydrogens (tertiary/aromatic N) is 1. The molecule has 0 fully saturated rings. The summed E-state index contributed by atoms with van der Waals surface area (Å²) in [5, 5.41) is 0. The minimum absolute atomic E-state index is 0.690. The van der Waals surface area contributed by atoms with Crippen molar-refractivity contribution in [3.05, 3.63) is 34.9 Å². The number of aromatic nitrogens is 2. The third kappa shape index (κ3) is 2.26. The van der Waals surface area contributed by atoms with Crippen LogP contribution < -0.4 is 9.47 Å². The van der Waals surface area contributed by atoms with E-state index in [2.05, 4.69) is 11.9 Å². The molecule has 0 spiro atoms. The predicted molar refractivity (Wildman–Crippen MR) is 75.9 cm³/mol. The number of rotatable bonds is 2. The fraction of sp³-hybridized carbons (Fsp3) is 0.357. The first-order chi connectivity index (χ1) is 9.29. The van der Waals surface area contributed by atoms with Gasteiger partial charge in [-0.3, -0.25) is 4.57 Å². The lowest BCUT2D eigenvalue weighted by Gasteiger charge is -2.11. The molecule has 1 aliphatic rings. The summed E-state index contributed by atoms with van der Waals surface area (Å²) < 4.78 is 14.1. The number of imidazole rings is 1. The minimum atomic E-state index is 0.690. The first-order valence-corrected chi connectivity index (χ1v) is 6.89. The molecule has 100 valence electrons. The van der Waals surface area contributed by atoms with E-state index in [0.717, 1.165) is 35.7 Å². The van der Waals surface area contributed by atoms with Gasteiger partial charge in [-0.1, -0.05) is 6.92 Å². The summed E-state index contributed by atoms with van der Waals surface area (Å²) in [7, 11) is 0. The van der Waals surface area contributed by atoms with Gasteiger partial charge in [0.2, 0.25) is 0 Å². The summed E-state index contributed by atoms with van der Waals surface area (Å²) >= 11 is 5.34. The molecule has 3 rings (SSSR count). The molecule has 0 bridgehead atoms. The highest BCUT2D eigenvalue weighted by molar-refractivity contribution is 7.71. The topological polar surface area (TPSA) is 39.2 Å². The van der Waals surface area contributed by atoms with E-state index in [0.29, 0.717) is 18.0 Å². The maximum absolute atomic E-state index is 5.72. The van der Waals surface area contributed by atoms with Crippen LogP contribution in [0.25, 0.3) is 5.69 Å². The number of aromatic amines is 1. The second-order valence-electron chi connectivity index (χ2n) is 4.46. The molecule has 2 aromatic rings. The van der Waals surface area contributed by atoms with Crippen LogP contribution in [0.1, 0.15) is 19.0 Å². The number of H-pyrrole nitrogens is 1. The Bertz CT molecular complexity index is 645. The van der Waals surface area contributed by atoms with Crippen molar-refractivity contribution in [2.24, 2.45) is 0 Å². The molecule has 19 heavy (non-hydrogen) atoms. The SMILES string of the molecule is CCc1c[nH]c(=S)n1-c1ccc2c(c1)OCCCO2. The van der Waals surface area contributed by atoms with E-state index in [4.69, 9.17) is 21.7 Å². The average molecular weight is 276 g/mol. The van der Waals surface area contributed by atoms with E-state index in [1.54, 1.807) is 0 Å². The molecule has 1 aliphatic heterocycles. The lowest BCUT2D eigenvalue weighted by atomic mass is 10.2. The molecular formula is C14H16N2O2S. The molecule has 0 atom stereocenters. The van der Waals surface area contributed by atoms with E-state index in [-0.39, 0.29) is 0 Å². The van der Waals surface area contributed by atoms with Crippen LogP contribution in [0, 0.1) is 4.77 Å². The van der Waals surface area contributed by atoms with Crippen LogP contribution in [-0.4, -0.2) is 22.8 Å². The van der Waals surface area contributed by atoms with Crippen molar-refractivity contribution in [1.82, 2.24) is 9.55 Å². The minimum Gasteiger partial charge on any atom is -0.490 e. The highest BCUT2D eigenvalue weighted by Crippen LogP contribution is 2.32. The van der Waals surface area contributed by atoms with E-state index in [1.807, 2.05) is 29.0 Å². The van der Waals surface area contributed by atoms with Gasteiger partial charge in [-0.25, -0.2) is 0 Å². The van der Waals surface area contributed by atoms with Crippen LogP contribution in [0.4, 0.5) is 0 Å². The number of aryl methyl sites for hydroxylation is 1. The van der Waals surface area contributed by atoms with Gasteiger partial charge in [0.1, 0.15) is 0 Å². The standard InChI is InChI=1S/C14H16N2O2S/c1-2-10-9-15-14(19)16(10)11-4-5-12-13(8-11)18-7-3-6-17-12/h4-5,8-9H,2-3,6-7H2,1H3,(H,15,19). The highest BCUT2D eigenvalue weighted by Gasteiger charge is 2.13. The molecule has 0 aliphatic carbocycles. The van der Waals surface area contributed by atoms with Gasteiger partial charge in [0.15, 0.2) is 16.3 Å². The second kappa shape index (κ2) is 5.09. The van der Waals surface area contributed by atoms with Crippen molar-refractivity contribution >= 4 is 12.2 Å². The number of nitrogens with one attached hydrogen (secondary N) is 1. The summed E-state index contributed by atoms with van der Waals surface area (Å²) in [6, 6.07) is 5.95. The maximum Gasteiger partial charge on any atom is 0.182 e. The number of ether oxygens (including phenoxy) is 2. The zero-order valence-corrected chi connectivity index (χ0v) is 11.6. The van der Waals surface area contributed by atoms with Crippen LogP contribution >= 0.6 is 12.2 Å². The van der Waals surface area contributed by atoms with Crippen molar-refractivity contribution in [3.8, 4) is 17.2 Å². The van der Waals surface area contributed by atoms with Gasteiger partial charge >= 0.3 is 0 Å². The van der Waals surface area contributed by atoms with Crippen molar-refractivity contribution in [2.45, 2.75) is 19.8 Å². The van der Waals surface area contributed by atoms with Crippen molar-refractivity contribution < 1.29 is 9.47 Å². The van der Waals surface area contributed by atoms with Crippen molar-refractivity contribution in [3.63, 3.8) is 0 Å². The highest BCUT2D eigenvalue weighted by atomic mass is 32.1. The summed E-state index contributed by atoms with van der Waals surface area (Å²) in [4.78, 5) is 3.08. The van der Waals surface area contributed by atoms with Gasteiger partial charge in [-0.05, 0) is 30.8 Å². The van der Waals surface area contributed by atoms with Crippen molar-refractivity contribution in [1.29, 1.82) is 0 Å². The summed E-state index contributed by atoms with van der Waals surface area (Å²) in [5.41, 5.74) is 2.16. The Morgan fingerprint density at radius 3 is 2.84 bits per heavy atom. The molecule has 0 saturated carbocycles. The summed E-state index contributed by atoms with van der Waals surface area (Å²) in [6.45, 7) is 3.50. The molecule has 0 saturated heterocycles. The average Bonchev–Trinajstić information content (AvgIpc) is 2.66. The Morgan fingerprint density at radius 2 is 2.05 bits per heavy atom. The number of benzene rings is 1. The van der Waals surface area contributed by atoms with Gasteiger partial charge in [-0.15, -0.1) is 0 Å². The Kier molecular flexibility index (Phi) is 3.29. The van der Waals surface area contributed by atoms with Crippen LogP contribution in [-0.2, 0) is 6.42 Å². The largest absolute Gasteiger partial charge is 0.490 e. The molecule has 1 aromatic heterocycles.